The highest BCUT2D eigenvalue weighted by atomic mass is 16.3. The molecule has 0 aliphatic carbocycles. The van der Waals surface area contributed by atoms with Gasteiger partial charge in [-0.1, -0.05) is 42.8 Å². The van der Waals surface area contributed by atoms with Crippen LogP contribution in [-0.2, 0) is 0 Å². The Morgan fingerprint density at radius 2 is 1.80 bits per heavy atom. The van der Waals surface area contributed by atoms with Gasteiger partial charge in [-0.3, -0.25) is 14.5 Å². The number of aryl methyl sites for hydroxylation is 2. The summed E-state index contributed by atoms with van der Waals surface area (Å²) in [5.74, 6) is -0.295. The van der Waals surface area contributed by atoms with Gasteiger partial charge in [-0.2, -0.15) is 0 Å². The highest BCUT2D eigenvalue weighted by Gasteiger charge is 2.23. The second kappa shape index (κ2) is 8.84. The zero-order chi connectivity index (χ0) is 21.1. The molecule has 5 heteroatoms. The number of hydrogen-bond donors (Lipinski definition) is 1. The Morgan fingerprint density at radius 1 is 1.07 bits per heavy atom. The Kier molecular flexibility index (Phi) is 6.00. The van der Waals surface area contributed by atoms with Crippen LogP contribution >= 0.6 is 0 Å². The SMILES string of the molecule is Cc1cc(C)c2oc(C(=O)NC[C@@H](c3ccccc3)N3CCCCC3)cc(=O)c2c1. The summed E-state index contributed by atoms with van der Waals surface area (Å²) < 4.78 is 5.85. The summed E-state index contributed by atoms with van der Waals surface area (Å²) in [6.45, 7) is 6.36. The number of nitrogens with zero attached hydrogens (tertiary/aromatic N) is 1. The Morgan fingerprint density at radius 3 is 2.53 bits per heavy atom. The number of carbonyl (C=O) groups excluding carboxylic acids is 1. The largest absolute Gasteiger partial charge is 0.450 e. The van der Waals surface area contributed by atoms with E-state index in [4.69, 9.17) is 4.42 Å². The third kappa shape index (κ3) is 4.31. The van der Waals surface area contributed by atoms with E-state index < -0.39 is 0 Å². The number of nitrogens with one attached hydrogen (secondary N) is 1. The van der Waals surface area contributed by atoms with Gasteiger partial charge in [-0.15, -0.1) is 0 Å². The van der Waals surface area contributed by atoms with Crippen LogP contribution in [0.5, 0.6) is 0 Å². The molecule has 5 nitrogen and oxygen atoms in total. The molecule has 1 fully saturated rings. The van der Waals surface area contributed by atoms with Crippen LogP contribution in [0, 0.1) is 13.8 Å². The summed E-state index contributed by atoms with van der Waals surface area (Å²) in [6.07, 6.45) is 3.61. The molecule has 0 saturated carbocycles. The molecule has 1 atom stereocenters. The standard InChI is InChI=1S/C25H28N2O3/c1-17-13-18(2)24-20(14-17)22(28)15-23(30-24)25(29)26-16-21(19-9-5-3-6-10-19)27-11-7-4-8-12-27/h3,5-6,9-10,13-15,21H,4,7-8,11-12,16H2,1-2H3,(H,26,29)/t21-/m0/s1. The molecule has 1 aliphatic heterocycles. The number of amides is 1. The maximum Gasteiger partial charge on any atom is 0.287 e. The first-order valence-corrected chi connectivity index (χ1v) is 10.7. The summed E-state index contributed by atoms with van der Waals surface area (Å²) in [7, 11) is 0. The van der Waals surface area contributed by atoms with Gasteiger partial charge in [0.2, 0.25) is 0 Å². The minimum absolute atomic E-state index is 0.0601. The fraction of sp³-hybridized carbons (Fsp3) is 0.360. The first kappa shape index (κ1) is 20.4. The summed E-state index contributed by atoms with van der Waals surface area (Å²) in [5.41, 5.74) is 3.33. The fourth-order valence-corrected chi connectivity index (χ4v) is 4.36. The van der Waals surface area contributed by atoms with E-state index >= 15 is 0 Å². The molecule has 1 saturated heterocycles. The lowest BCUT2D eigenvalue weighted by atomic mass is 10.0. The number of likely N-dealkylation sites (tertiary alicyclic amines) is 1. The van der Waals surface area contributed by atoms with Gasteiger partial charge in [0, 0.05) is 12.6 Å². The van der Waals surface area contributed by atoms with E-state index in [9.17, 15) is 9.59 Å². The molecule has 1 amide bonds. The molecule has 1 aromatic heterocycles. The van der Waals surface area contributed by atoms with E-state index in [0.29, 0.717) is 17.5 Å². The number of fused-ring (bicyclic) bond motifs is 1. The van der Waals surface area contributed by atoms with Crippen molar-refractivity contribution in [3.63, 3.8) is 0 Å². The van der Waals surface area contributed by atoms with Gasteiger partial charge in [0.15, 0.2) is 11.2 Å². The molecule has 30 heavy (non-hydrogen) atoms. The van der Waals surface area contributed by atoms with E-state index in [2.05, 4.69) is 22.3 Å². The van der Waals surface area contributed by atoms with Gasteiger partial charge in [0.05, 0.1) is 11.4 Å². The van der Waals surface area contributed by atoms with Crippen LogP contribution in [0.2, 0.25) is 0 Å². The molecule has 0 bridgehead atoms. The van der Waals surface area contributed by atoms with Crippen molar-refractivity contribution in [2.75, 3.05) is 19.6 Å². The van der Waals surface area contributed by atoms with E-state index in [0.717, 1.165) is 24.2 Å². The van der Waals surface area contributed by atoms with Crippen LogP contribution in [0.25, 0.3) is 11.0 Å². The second-order valence-corrected chi connectivity index (χ2v) is 8.17. The zero-order valence-electron chi connectivity index (χ0n) is 17.6. The molecule has 1 N–H and O–H groups in total. The summed E-state index contributed by atoms with van der Waals surface area (Å²) in [6, 6.07) is 15.4. The summed E-state index contributed by atoms with van der Waals surface area (Å²) in [5, 5.41) is 3.52. The van der Waals surface area contributed by atoms with Crippen molar-refractivity contribution in [3.8, 4) is 0 Å². The third-order valence-corrected chi connectivity index (χ3v) is 5.85. The van der Waals surface area contributed by atoms with Crippen molar-refractivity contribution in [1.29, 1.82) is 0 Å². The van der Waals surface area contributed by atoms with E-state index in [-0.39, 0.29) is 23.1 Å². The molecule has 2 aromatic carbocycles. The Balaban J connectivity index is 1.57. The molecule has 3 aromatic rings. The van der Waals surface area contributed by atoms with E-state index in [1.165, 1.54) is 30.9 Å². The van der Waals surface area contributed by atoms with Crippen molar-refractivity contribution in [2.24, 2.45) is 0 Å². The minimum Gasteiger partial charge on any atom is -0.450 e. The maximum absolute atomic E-state index is 12.9. The van der Waals surface area contributed by atoms with Gasteiger partial charge in [-0.25, -0.2) is 0 Å². The average molecular weight is 405 g/mol. The molecular formula is C25H28N2O3. The number of benzene rings is 2. The highest BCUT2D eigenvalue weighted by molar-refractivity contribution is 5.93. The molecular weight excluding hydrogens is 376 g/mol. The molecule has 0 unspecified atom stereocenters. The lowest BCUT2D eigenvalue weighted by molar-refractivity contribution is 0.0897. The molecule has 0 radical (unpaired) electrons. The van der Waals surface area contributed by atoms with Gasteiger partial charge < -0.3 is 9.73 Å². The lowest BCUT2D eigenvalue weighted by Crippen LogP contribution is -2.40. The predicted molar refractivity (Wildman–Crippen MR) is 119 cm³/mol. The normalized spacial score (nSPS) is 15.8. The van der Waals surface area contributed by atoms with Gasteiger partial charge in [0.1, 0.15) is 5.58 Å². The first-order valence-electron chi connectivity index (χ1n) is 10.7. The Hall–Kier alpha value is -2.92. The topological polar surface area (TPSA) is 62.6 Å². The highest BCUT2D eigenvalue weighted by Crippen LogP contribution is 2.24. The smallest absolute Gasteiger partial charge is 0.287 e. The van der Waals surface area contributed by atoms with Crippen molar-refractivity contribution >= 4 is 16.9 Å². The van der Waals surface area contributed by atoms with Crippen molar-refractivity contribution in [2.45, 2.75) is 39.2 Å². The van der Waals surface area contributed by atoms with Crippen LogP contribution in [0.3, 0.4) is 0 Å². The fourth-order valence-electron chi connectivity index (χ4n) is 4.36. The molecule has 4 rings (SSSR count). The minimum atomic E-state index is -0.355. The zero-order valence-corrected chi connectivity index (χ0v) is 17.6. The number of carbonyl (C=O) groups is 1. The van der Waals surface area contributed by atoms with Crippen LogP contribution in [-0.4, -0.2) is 30.4 Å². The van der Waals surface area contributed by atoms with Gasteiger partial charge >= 0.3 is 0 Å². The van der Waals surface area contributed by atoms with Crippen LogP contribution in [0.15, 0.2) is 57.7 Å². The number of rotatable bonds is 5. The van der Waals surface area contributed by atoms with Crippen LogP contribution in [0.1, 0.15) is 52.5 Å². The summed E-state index contributed by atoms with van der Waals surface area (Å²) >= 11 is 0. The molecule has 2 heterocycles. The summed E-state index contributed by atoms with van der Waals surface area (Å²) in [4.78, 5) is 27.9. The number of piperidine rings is 1. The van der Waals surface area contributed by atoms with E-state index in [1.54, 1.807) is 6.07 Å². The first-order chi connectivity index (χ1) is 14.5. The van der Waals surface area contributed by atoms with Crippen molar-refractivity contribution < 1.29 is 9.21 Å². The second-order valence-electron chi connectivity index (χ2n) is 8.17. The maximum atomic E-state index is 12.9. The molecule has 0 spiro atoms. The third-order valence-electron chi connectivity index (χ3n) is 5.85. The Labute approximate surface area is 176 Å². The van der Waals surface area contributed by atoms with Crippen LogP contribution < -0.4 is 10.7 Å². The average Bonchev–Trinajstić information content (AvgIpc) is 2.76. The monoisotopic (exact) mass is 404 g/mol. The number of hydrogen-bond acceptors (Lipinski definition) is 4. The quantitative estimate of drug-likeness (QED) is 0.686. The van der Waals surface area contributed by atoms with Gasteiger partial charge in [0.25, 0.3) is 5.91 Å². The van der Waals surface area contributed by atoms with Crippen molar-refractivity contribution in [1.82, 2.24) is 10.2 Å². The Bertz CT molecular complexity index is 1100. The molecule has 1 aliphatic rings. The molecule has 156 valence electrons. The van der Waals surface area contributed by atoms with Crippen LogP contribution in [0.4, 0.5) is 0 Å². The van der Waals surface area contributed by atoms with Crippen molar-refractivity contribution in [3.05, 3.63) is 81.2 Å². The lowest BCUT2D eigenvalue weighted by Gasteiger charge is -2.35. The van der Waals surface area contributed by atoms with E-state index in [1.807, 2.05) is 38.1 Å². The van der Waals surface area contributed by atoms with Gasteiger partial charge in [-0.05, 0) is 62.5 Å². The predicted octanol–water partition coefficient (Wildman–Crippen LogP) is 4.37.